The highest BCUT2D eigenvalue weighted by molar-refractivity contribution is 5.68. The second-order valence-corrected chi connectivity index (χ2v) is 4.32. The molecule has 0 bridgehead atoms. The zero-order valence-electron chi connectivity index (χ0n) is 10.5. The molecule has 2 rings (SSSR count). The lowest BCUT2D eigenvalue weighted by molar-refractivity contribution is -0.673. The van der Waals surface area contributed by atoms with Crippen LogP contribution in [-0.2, 0) is 7.05 Å². The van der Waals surface area contributed by atoms with Gasteiger partial charge in [0.25, 0.3) is 0 Å². The Morgan fingerprint density at radius 3 is 2.50 bits per heavy atom. The molecule has 0 amide bonds. The molecule has 3 heteroatoms. The fourth-order valence-electron chi connectivity index (χ4n) is 1.69. The second kappa shape index (κ2) is 4.92. The number of phenols is 2. The van der Waals surface area contributed by atoms with E-state index in [1.54, 1.807) is 6.07 Å². The average molecular weight is 242 g/mol. The average Bonchev–Trinajstić information content (AvgIpc) is 2.34. The molecule has 2 aromatic rings. The Morgan fingerprint density at radius 1 is 1.00 bits per heavy atom. The Hall–Kier alpha value is -2.29. The molecule has 0 unspecified atom stereocenters. The van der Waals surface area contributed by atoms with E-state index in [4.69, 9.17) is 0 Å². The van der Waals surface area contributed by atoms with E-state index in [-0.39, 0.29) is 11.5 Å². The molecule has 2 N–H and O–H groups in total. The van der Waals surface area contributed by atoms with E-state index < -0.39 is 0 Å². The van der Waals surface area contributed by atoms with Crippen LogP contribution in [0.1, 0.15) is 16.8 Å². The van der Waals surface area contributed by atoms with Gasteiger partial charge in [0.15, 0.2) is 17.7 Å². The van der Waals surface area contributed by atoms with Gasteiger partial charge >= 0.3 is 0 Å². The van der Waals surface area contributed by atoms with E-state index in [2.05, 4.69) is 6.07 Å². The van der Waals surface area contributed by atoms with E-state index in [1.807, 2.05) is 43.0 Å². The van der Waals surface area contributed by atoms with Crippen LogP contribution >= 0.6 is 0 Å². The second-order valence-electron chi connectivity index (χ2n) is 4.32. The van der Waals surface area contributed by atoms with E-state index in [9.17, 15) is 10.2 Å². The van der Waals surface area contributed by atoms with E-state index in [0.717, 1.165) is 11.3 Å². The van der Waals surface area contributed by atoms with Gasteiger partial charge in [0, 0.05) is 18.2 Å². The van der Waals surface area contributed by atoms with Gasteiger partial charge in [-0.15, -0.1) is 0 Å². The number of rotatable bonds is 2. The van der Waals surface area contributed by atoms with E-state index in [0.29, 0.717) is 0 Å². The molecule has 0 aliphatic rings. The van der Waals surface area contributed by atoms with E-state index >= 15 is 0 Å². The fourth-order valence-corrected chi connectivity index (χ4v) is 1.69. The molecule has 92 valence electrons. The number of nitrogens with zero attached hydrogens (tertiary/aromatic N) is 1. The molecule has 0 spiro atoms. The van der Waals surface area contributed by atoms with E-state index in [1.165, 1.54) is 17.7 Å². The normalized spacial score (nSPS) is 11.0. The third-order valence-corrected chi connectivity index (χ3v) is 2.79. The maximum Gasteiger partial charge on any atom is 0.205 e. The minimum absolute atomic E-state index is 0.103. The van der Waals surface area contributed by atoms with Gasteiger partial charge < -0.3 is 10.2 Å². The topological polar surface area (TPSA) is 44.3 Å². The first-order valence-corrected chi connectivity index (χ1v) is 5.72. The summed E-state index contributed by atoms with van der Waals surface area (Å²) in [4.78, 5) is 0. The highest BCUT2D eigenvalue weighted by Gasteiger charge is 2.02. The number of pyridine rings is 1. The molecular formula is C15H16NO2+. The first-order chi connectivity index (χ1) is 8.56. The number of hydrogen-bond acceptors (Lipinski definition) is 2. The first-order valence-electron chi connectivity index (χ1n) is 5.72. The summed E-state index contributed by atoms with van der Waals surface area (Å²) in [5.74, 6) is -0.209. The molecule has 0 fully saturated rings. The van der Waals surface area contributed by atoms with Gasteiger partial charge in [0.1, 0.15) is 7.05 Å². The summed E-state index contributed by atoms with van der Waals surface area (Å²) in [6.07, 6.45) is 5.87. The molecule has 18 heavy (non-hydrogen) atoms. The third kappa shape index (κ3) is 2.69. The Balaban J connectivity index is 2.29. The maximum absolute atomic E-state index is 9.41. The van der Waals surface area contributed by atoms with Crippen molar-refractivity contribution >= 4 is 12.2 Å². The smallest absolute Gasteiger partial charge is 0.205 e. The van der Waals surface area contributed by atoms with Crippen molar-refractivity contribution in [2.75, 3.05) is 0 Å². The highest BCUT2D eigenvalue weighted by atomic mass is 16.3. The van der Waals surface area contributed by atoms with Crippen LogP contribution in [0.4, 0.5) is 0 Å². The molecule has 0 aliphatic heterocycles. The lowest BCUT2D eigenvalue weighted by Crippen LogP contribution is -2.30. The van der Waals surface area contributed by atoms with Crippen molar-refractivity contribution in [3.05, 3.63) is 53.3 Å². The molecule has 0 saturated carbocycles. The number of phenolic OH excluding ortho intramolecular Hbond substituents is 2. The van der Waals surface area contributed by atoms with Crippen LogP contribution in [0.3, 0.4) is 0 Å². The molecule has 3 nitrogen and oxygen atoms in total. The number of aryl methyl sites for hydroxylation is 2. The number of aromatic hydroxyl groups is 2. The molecule has 0 saturated heterocycles. The van der Waals surface area contributed by atoms with Crippen LogP contribution < -0.4 is 4.57 Å². The predicted octanol–water partition coefficient (Wildman–Crippen LogP) is 2.40. The fraction of sp³-hybridized carbons (Fsp3) is 0.133. The maximum atomic E-state index is 9.41. The molecule has 0 aliphatic carbocycles. The van der Waals surface area contributed by atoms with Crippen LogP contribution in [0.5, 0.6) is 11.5 Å². The Labute approximate surface area is 106 Å². The van der Waals surface area contributed by atoms with Gasteiger partial charge in [-0.1, -0.05) is 6.07 Å². The summed E-state index contributed by atoms with van der Waals surface area (Å²) in [6, 6.07) is 8.88. The minimum Gasteiger partial charge on any atom is -0.504 e. The first kappa shape index (κ1) is 12.2. The summed E-state index contributed by atoms with van der Waals surface area (Å²) >= 11 is 0. The van der Waals surface area contributed by atoms with Crippen molar-refractivity contribution in [1.29, 1.82) is 0 Å². The molecular weight excluding hydrogens is 226 g/mol. The quantitative estimate of drug-likeness (QED) is 0.627. The minimum atomic E-state index is -0.106. The summed E-state index contributed by atoms with van der Waals surface area (Å²) in [6.45, 7) is 2.05. The molecule has 1 aromatic carbocycles. The van der Waals surface area contributed by atoms with Gasteiger partial charge in [-0.05, 0) is 36.3 Å². The molecule has 1 heterocycles. The zero-order valence-corrected chi connectivity index (χ0v) is 10.5. The lowest BCUT2D eigenvalue weighted by atomic mass is 10.1. The van der Waals surface area contributed by atoms with Gasteiger partial charge in [0.05, 0.1) is 0 Å². The predicted molar refractivity (Wildman–Crippen MR) is 71.1 cm³/mol. The highest BCUT2D eigenvalue weighted by Crippen LogP contribution is 2.25. The van der Waals surface area contributed by atoms with Gasteiger partial charge in [-0.3, -0.25) is 0 Å². The van der Waals surface area contributed by atoms with Crippen LogP contribution in [0.2, 0.25) is 0 Å². The van der Waals surface area contributed by atoms with Crippen molar-refractivity contribution < 1.29 is 14.8 Å². The monoisotopic (exact) mass is 242 g/mol. The molecule has 0 atom stereocenters. The Bertz CT molecular complexity index is 603. The number of benzene rings is 1. The van der Waals surface area contributed by atoms with Crippen LogP contribution in [0.25, 0.3) is 12.2 Å². The van der Waals surface area contributed by atoms with Crippen molar-refractivity contribution in [2.45, 2.75) is 6.92 Å². The summed E-state index contributed by atoms with van der Waals surface area (Å²) in [5, 5.41) is 18.6. The Morgan fingerprint density at radius 2 is 1.78 bits per heavy atom. The molecule has 1 aromatic heterocycles. The van der Waals surface area contributed by atoms with Gasteiger partial charge in [0.2, 0.25) is 5.69 Å². The van der Waals surface area contributed by atoms with Crippen molar-refractivity contribution in [3.8, 4) is 11.5 Å². The Kier molecular flexibility index (Phi) is 3.33. The number of hydrogen-bond donors (Lipinski definition) is 2. The summed E-state index contributed by atoms with van der Waals surface area (Å²) < 4.78 is 2.02. The standard InChI is InChI=1S/C15H15NO2/c1-11-7-8-16(2)13(9-11)5-3-12-4-6-14(17)15(18)10-12/h3-10,18H,1-2H3/p+1. The van der Waals surface area contributed by atoms with Crippen molar-refractivity contribution in [1.82, 2.24) is 0 Å². The third-order valence-electron chi connectivity index (χ3n) is 2.79. The van der Waals surface area contributed by atoms with Crippen molar-refractivity contribution in [2.24, 2.45) is 7.05 Å². The van der Waals surface area contributed by atoms with Crippen LogP contribution in [0.15, 0.2) is 36.5 Å². The lowest BCUT2D eigenvalue weighted by Gasteiger charge is -1.99. The number of aromatic nitrogens is 1. The van der Waals surface area contributed by atoms with Gasteiger partial charge in [-0.25, -0.2) is 4.57 Å². The molecule has 0 radical (unpaired) electrons. The van der Waals surface area contributed by atoms with Crippen LogP contribution in [-0.4, -0.2) is 10.2 Å². The van der Waals surface area contributed by atoms with Gasteiger partial charge in [-0.2, -0.15) is 0 Å². The summed E-state index contributed by atoms with van der Waals surface area (Å²) in [5.41, 5.74) is 3.11. The summed E-state index contributed by atoms with van der Waals surface area (Å²) in [7, 11) is 1.98. The zero-order chi connectivity index (χ0) is 13.1. The largest absolute Gasteiger partial charge is 0.504 e. The van der Waals surface area contributed by atoms with Crippen molar-refractivity contribution in [3.63, 3.8) is 0 Å². The SMILES string of the molecule is Cc1cc[n+](C)c(/C=C/c2ccc(O)c(O)c2)c1. The van der Waals surface area contributed by atoms with Crippen LogP contribution in [0, 0.1) is 6.92 Å².